The number of hydrogen-bond donors (Lipinski definition) is 2. The maximum Gasteiger partial charge on any atom is 0.321 e. The van der Waals surface area contributed by atoms with Gasteiger partial charge < -0.3 is 20.4 Å². The molecule has 4 amide bonds. The van der Waals surface area contributed by atoms with Crippen molar-refractivity contribution in [2.75, 3.05) is 36.8 Å². The summed E-state index contributed by atoms with van der Waals surface area (Å²) in [4.78, 5) is 41.6. The van der Waals surface area contributed by atoms with Gasteiger partial charge in [-0.1, -0.05) is 24.3 Å². The Morgan fingerprint density at radius 2 is 1.48 bits per heavy atom. The molecule has 2 aromatic rings. The van der Waals surface area contributed by atoms with Crippen molar-refractivity contribution in [2.45, 2.75) is 25.7 Å². The highest BCUT2D eigenvalue weighted by Crippen LogP contribution is 2.21. The molecule has 0 bridgehead atoms. The summed E-state index contributed by atoms with van der Waals surface area (Å²) in [5.74, 6) is -0.397. The number of piperidine rings is 1. The summed E-state index contributed by atoms with van der Waals surface area (Å²) >= 11 is 0. The molecule has 2 heterocycles. The number of carbonyl (C=O) groups is 3. The fourth-order valence-corrected chi connectivity index (χ4v) is 4.18. The second-order valence-corrected chi connectivity index (χ2v) is 8.15. The van der Waals surface area contributed by atoms with Crippen LogP contribution in [0.5, 0.6) is 0 Å². The second kappa shape index (κ2) is 9.64. The van der Waals surface area contributed by atoms with Crippen molar-refractivity contribution in [1.29, 1.82) is 0 Å². The highest BCUT2D eigenvalue weighted by atomic mass is 16.2. The molecule has 0 aliphatic carbocycles. The van der Waals surface area contributed by atoms with E-state index in [1.165, 1.54) is 0 Å². The molecule has 0 saturated carbocycles. The van der Waals surface area contributed by atoms with Gasteiger partial charge in [0.25, 0.3) is 5.91 Å². The molecule has 0 radical (unpaired) electrons. The predicted molar refractivity (Wildman–Crippen MR) is 120 cm³/mol. The Bertz CT molecular complexity index is 941. The van der Waals surface area contributed by atoms with Gasteiger partial charge in [0.05, 0.1) is 5.92 Å². The Balaban J connectivity index is 1.35. The topological polar surface area (TPSA) is 81.8 Å². The van der Waals surface area contributed by atoms with E-state index in [1.54, 1.807) is 29.2 Å². The van der Waals surface area contributed by atoms with Gasteiger partial charge in [0, 0.05) is 43.1 Å². The van der Waals surface area contributed by atoms with Crippen LogP contribution in [0.25, 0.3) is 0 Å². The Morgan fingerprint density at radius 1 is 0.774 bits per heavy atom. The quantitative estimate of drug-likeness (QED) is 0.789. The number of nitrogens with one attached hydrogen (secondary N) is 2. The van der Waals surface area contributed by atoms with Crippen LogP contribution in [0.3, 0.4) is 0 Å². The zero-order valence-corrected chi connectivity index (χ0v) is 17.5. The SMILES string of the molecule is O=C(Nc1cccc(C(=O)N2CCCC2)c1)C1CCCN(C(=O)Nc2ccccc2)C1. The standard InChI is InChI=1S/C24H28N4O3/c29-22(25-21-12-6-8-18(16-21)23(30)27-13-4-5-14-27)19-9-7-15-28(17-19)24(31)26-20-10-2-1-3-11-20/h1-3,6,8,10-12,16,19H,4-5,7,9,13-15,17H2,(H,25,29)(H,26,31). The molecule has 162 valence electrons. The molecule has 7 heteroatoms. The number of benzene rings is 2. The Labute approximate surface area is 182 Å². The molecule has 7 nitrogen and oxygen atoms in total. The first-order valence-electron chi connectivity index (χ1n) is 10.9. The zero-order chi connectivity index (χ0) is 21.6. The van der Waals surface area contributed by atoms with Crippen molar-refractivity contribution in [3.63, 3.8) is 0 Å². The van der Waals surface area contributed by atoms with E-state index in [0.717, 1.165) is 44.5 Å². The van der Waals surface area contributed by atoms with Crippen molar-refractivity contribution in [3.05, 3.63) is 60.2 Å². The van der Waals surface area contributed by atoms with Gasteiger partial charge in [0.2, 0.25) is 5.91 Å². The third kappa shape index (κ3) is 5.23. The molecule has 2 N–H and O–H groups in total. The van der Waals surface area contributed by atoms with Crippen LogP contribution >= 0.6 is 0 Å². The van der Waals surface area contributed by atoms with Gasteiger partial charge in [-0.25, -0.2) is 4.79 Å². The van der Waals surface area contributed by atoms with Crippen LogP contribution < -0.4 is 10.6 Å². The van der Waals surface area contributed by atoms with E-state index in [0.29, 0.717) is 24.3 Å². The van der Waals surface area contributed by atoms with Gasteiger partial charge in [-0.3, -0.25) is 9.59 Å². The third-order valence-electron chi connectivity index (χ3n) is 5.87. The fraction of sp³-hybridized carbons (Fsp3) is 0.375. The lowest BCUT2D eigenvalue weighted by Crippen LogP contribution is -2.45. The molecule has 2 aliphatic rings. The van der Waals surface area contributed by atoms with Crippen LogP contribution in [-0.4, -0.2) is 53.8 Å². The van der Waals surface area contributed by atoms with Gasteiger partial charge in [-0.05, 0) is 56.0 Å². The van der Waals surface area contributed by atoms with Gasteiger partial charge in [-0.2, -0.15) is 0 Å². The summed E-state index contributed by atoms with van der Waals surface area (Å²) < 4.78 is 0. The maximum atomic E-state index is 12.9. The van der Waals surface area contributed by atoms with Crippen molar-refractivity contribution >= 4 is 29.2 Å². The van der Waals surface area contributed by atoms with Crippen molar-refractivity contribution in [1.82, 2.24) is 9.80 Å². The minimum Gasteiger partial charge on any atom is -0.339 e. The molecule has 4 rings (SSSR count). The van der Waals surface area contributed by atoms with E-state index < -0.39 is 0 Å². The highest BCUT2D eigenvalue weighted by Gasteiger charge is 2.29. The minimum absolute atomic E-state index is 0.00928. The van der Waals surface area contributed by atoms with Gasteiger partial charge in [0.1, 0.15) is 0 Å². The summed E-state index contributed by atoms with van der Waals surface area (Å²) in [5, 5.41) is 5.82. The number of nitrogens with zero attached hydrogens (tertiary/aromatic N) is 2. The fourth-order valence-electron chi connectivity index (χ4n) is 4.18. The first-order chi connectivity index (χ1) is 15.1. The molecular formula is C24H28N4O3. The van der Waals surface area contributed by atoms with Crippen LogP contribution in [0.15, 0.2) is 54.6 Å². The molecule has 1 unspecified atom stereocenters. The van der Waals surface area contributed by atoms with Crippen molar-refractivity contribution < 1.29 is 14.4 Å². The van der Waals surface area contributed by atoms with E-state index in [-0.39, 0.29) is 23.8 Å². The lowest BCUT2D eigenvalue weighted by atomic mass is 9.97. The minimum atomic E-state index is -0.284. The highest BCUT2D eigenvalue weighted by molar-refractivity contribution is 5.98. The van der Waals surface area contributed by atoms with Gasteiger partial charge in [0.15, 0.2) is 0 Å². The van der Waals surface area contributed by atoms with Crippen LogP contribution in [0.2, 0.25) is 0 Å². The smallest absolute Gasteiger partial charge is 0.321 e. The molecule has 0 spiro atoms. The molecule has 2 fully saturated rings. The maximum absolute atomic E-state index is 12.9. The number of hydrogen-bond acceptors (Lipinski definition) is 3. The number of carbonyl (C=O) groups excluding carboxylic acids is 3. The Hall–Kier alpha value is -3.35. The van der Waals surface area contributed by atoms with Crippen molar-refractivity contribution in [3.8, 4) is 0 Å². The number of urea groups is 1. The average molecular weight is 421 g/mol. The van der Waals surface area contributed by atoms with E-state index >= 15 is 0 Å². The lowest BCUT2D eigenvalue weighted by molar-refractivity contribution is -0.121. The van der Waals surface area contributed by atoms with Crippen LogP contribution in [0, 0.1) is 5.92 Å². The summed E-state index contributed by atoms with van der Waals surface area (Å²) in [6.07, 6.45) is 3.58. The average Bonchev–Trinajstić information content (AvgIpc) is 3.34. The number of likely N-dealkylation sites (tertiary alicyclic amines) is 2. The van der Waals surface area contributed by atoms with Crippen LogP contribution in [0.4, 0.5) is 16.2 Å². The van der Waals surface area contributed by atoms with E-state index in [4.69, 9.17) is 0 Å². The Morgan fingerprint density at radius 3 is 2.26 bits per heavy atom. The molecule has 2 aliphatic heterocycles. The Kier molecular flexibility index (Phi) is 6.50. The first kappa shape index (κ1) is 20.9. The molecule has 2 aromatic carbocycles. The normalized spacial score (nSPS) is 18.5. The van der Waals surface area contributed by atoms with E-state index in [1.807, 2.05) is 35.2 Å². The summed E-state index contributed by atoms with van der Waals surface area (Å²) in [6, 6.07) is 16.2. The summed E-state index contributed by atoms with van der Waals surface area (Å²) in [7, 11) is 0. The van der Waals surface area contributed by atoms with E-state index in [2.05, 4.69) is 10.6 Å². The van der Waals surface area contributed by atoms with Gasteiger partial charge in [-0.15, -0.1) is 0 Å². The monoisotopic (exact) mass is 420 g/mol. The molecule has 31 heavy (non-hydrogen) atoms. The number of anilines is 2. The molecule has 2 saturated heterocycles. The van der Waals surface area contributed by atoms with Gasteiger partial charge >= 0.3 is 6.03 Å². The van der Waals surface area contributed by atoms with E-state index in [9.17, 15) is 14.4 Å². The number of amides is 4. The number of para-hydroxylation sites is 1. The first-order valence-corrected chi connectivity index (χ1v) is 10.9. The lowest BCUT2D eigenvalue weighted by Gasteiger charge is -2.32. The van der Waals surface area contributed by atoms with Crippen LogP contribution in [-0.2, 0) is 4.79 Å². The molecular weight excluding hydrogens is 392 g/mol. The molecule has 0 aromatic heterocycles. The largest absolute Gasteiger partial charge is 0.339 e. The summed E-state index contributed by atoms with van der Waals surface area (Å²) in [5.41, 5.74) is 1.94. The summed E-state index contributed by atoms with van der Waals surface area (Å²) in [6.45, 7) is 2.58. The second-order valence-electron chi connectivity index (χ2n) is 8.15. The molecule has 1 atom stereocenters. The zero-order valence-electron chi connectivity index (χ0n) is 17.5. The predicted octanol–water partition coefficient (Wildman–Crippen LogP) is 3.81. The third-order valence-corrected chi connectivity index (χ3v) is 5.87. The number of rotatable bonds is 4. The van der Waals surface area contributed by atoms with Crippen LogP contribution in [0.1, 0.15) is 36.0 Å². The van der Waals surface area contributed by atoms with Crippen molar-refractivity contribution in [2.24, 2.45) is 5.92 Å².